The molecular weight excluding hydrogens is 757 g/mol. The smallest absolute Gasteiger partial charge is 0.261 e. The van der Waals surface area contributed by atoms with Crippen LogP contribution in [0.5, 0.6) is 0 Å². The summed E-state index contributed by atoms with van der Waals surface area (Å²) in [5, 5.41) is 24.8. The molecular formula is C48H84O6Si3. The van der Waals surface area contributed by atoms with Crippen molar-refractivity contribution in [1.29, 1.82) is 0 Å². The number of hydrogen-bond donors (Lipinski definition) is 2. The van der Waals surface area contributed by atoms with Gasteiger partial charge in [-0.05, 0) is 76.9 Å². The Kier molecular flexibility index (Phi) is 19.2. The maximum Gasteiger partial charge on any atom is 0.261 e. The maximum atomic E-state index is 12.0. The number of hydrogen-bond acceptors (Lipinski definition) is 6. The Morgan fingerprint density at radius 1 is 0.702 bits per heavy atom. The van der Waals surface area contributed by atoms with Crippen LogP contribution in [0.4, 0.5) is 0 Å². The van der Waals surface area contributed by atoms with Gasteiger partial charge in [0.25, 0.3) is 8.32 Å². The van der Waals surface area contributed by atoms with Crippen molar-refractivity contribution in [1.82, 2.24) is 0 Å². The van der Waals surface area contributed by atoms with Crippen molar-refractivity contribution in [2.75, 3.05) is 26.9 Å². The summed E-state index contributed by atoms with van der Waals surface area (Å²) in [5.41, 5.74) is 1.15. The standard InChI is InChI=1S/C48H84O6Si3/c1-36(26-25-27-40(51-14)35-52-55(15,16)46(5,6)7)32-43(44(50)37(2)33-49)39(4)45(54-56(17,18)47(8,9)10)38(3)34-53-57(48(11,12)13,41-28-21-19-22-29-41)42-30-23-20-24-31-42/h19-31,37-40,43-45,49-50H,32-35H2,1-18H3/b27-25+,36-26-/t37-,38+,39-,40+,43-,44+,45+/m0/s1. The zero-order valence-corrected chi connectivity index (χ0v) is 42.4. The van der Waals surface area contributed by atoms with Crippen molar-refractivity contribution >= 4 is 35.3 Å². The number of rotatable bonds is 21. The SMILES string of the molecule is CO[C@H](/C=C/C=C(/C)C[C@@H]([C@H](C)[C@H](O[Si](C)(C)C(C)(C)C)[C@H](C)CO[Si](c1ccccc1)(c1ccccc1)C(C)(C)C)[C@H](O)[C@@H](C)CO)CO[Si](C)(C)C(C)(C)C. The lowest BCUT2D eigenvalue weighted by atomic mass is 9.75. The van der Waals surface area contributed by atoms with Crippen LogP contribution in [0.3, 0.4) is 0 Å². The molecule has 57 heavy (non-hydrogen) atoms. The molecule has 0 aliphatic carbocycles. The van der Waals surface area contributed by atoms with Crippen molar-refractivity contribution < 1.29 is 28.2 Å². The molecule has 324 valence electrons. The maximum absolute atomic E-state index is 12.0. The third kappa shape index (κ3) is 13.7. The molecule has 6 nitrogen and oxygen atoms in total. The predicted octanol–water partition coefficient (Wildman–Crippen LogP) is 10.8. The normalized spacial score (nSPS) is 17.9. The second-order valence-electron chi connectivity index (χ2n) is 20.9. The Balaban J connectivity index is 2.59. The van der Waals surface area contributed by atoms with Gasteiger partial charge in [-0.2, -0.15) is 0 Å². The first-order valence-corrected chi connectivity index (χ1v) is 29.1. The Labute approximate surface area is 353 Å². The fourth-order valence-corrected chi connectivity index (χ4v) is 14.4. The molecule has 0 unspecified atom stereocenters. The zero-order valence-electron chi connectivity index (χ0n) is 39.4. The Morgan fingerprint density at radius 2 is 1.19 bits per heavy atom. The fraction of sp³-hybridized carbons (Fsp3) is 0.667. The van der Waals surface area contributed by atoms with Crippen LogP contribution < -0.4 is 10.4 Å². The van der Waals surface area contributed by atoms with Crippen molar-refractivity contribution in [3.05, 3.63) is 84.5 Å². The van der Waals surface area contributed by atoms with Gasteiger partial charge in [-0.25, -0.2) is 0 Å². The molecule has 0 saturated carbocycles. The molecule has 2 aromatic rings. The van der Waals surface area contributed by atoms with Gasteiger partial charge in [0.05, 0.1) is 24.9 Å². The molecule has 0 heterocycles. The highest BCUT2D eigenvalue weighted by molar-refractivity contribution is 6.99. The molecule has 0 spiro atoms. The highest BCUT2D eigenvalue weighted by Gasteiger charge is 2.51. The monoisotopic (exact) mass is 841 g/mol. The molecule has 2 rings (SSSR count). The van der Waals surface area contributed by atoms with Crippen LogP contribution in [0.2, 0.25) is 41.3 Å². The molecule has 0 aliphatic heterocycles. The lowest BCUT2D eigenvalue weighted by Gasteiger charge is -2.47. The zero-order chi connectivity index (χ0) is 43.6. The lowest BCUT2D eigenvalue weighted by molar-refractivity contribution is -0.0378. The van der Waals surface area contributed by atoms with Crippen LogP contribution >= 0.6 is 0 Å². The molecule has 2 N–H and O–H groups in total. The minimum Gasteiger partial charge on any atom is -0.414 e. The molecule has 0 bridgehead atoms. The Morgan fingerprint density at radius 3 is 1.61 bits per heavy atom. The molecule has 9 heteroatoms. The van der Waals surface area contributed by atoms with Gasteiger partial charge in [-0.3, -0.25) is 0 Å². The summed E-state index contributed by atoms with van der Waals surface area (Å²) in [5.74, 6) is -0.481. The van der Waals surface area contributed by atoms with Gasteiger partial charge in [0.15, 0.2) is 16.6 Å². The average molecular weight is 841 g/mol. The number of aliphatic hydroxyl groups is 2. The number of aliphatic hydroxyl groups excluding tert-OH is 2. The van der Waals surface area contributed by atoms with E-state index in [0.717, 1.165) is 5.57 Å². The van der Waals surface area contributed by atoms with Crippen LogP contribution in [0, 0.1) is 23.7 Å². The van der Waals surface area contributed by atoms with Gasteiger partial charge in [-0.15, -0.1) is 0 Å². The van der Waals surface area contributed by atoms with Gasteiger partial charge in [0.2, 0.25) is 0 Å². The Bertz CT molecular complexity index is 1480. The van der Waals surface area contributed by atoms with Crippen LogP contribution in [-0.2, 0) is 18.0 Å². The second kappa shape index (κ2) is 21.2. The number of allylic oxidation sites excluding steroid dienone is 3. The first-order chi connectivity index (χ1) is 26.2. The van der Waals surface area contributed by atoms with Gasteiger partial charge in [-0.1, -0.05) is 168 Å². The molecule has 0 saturated heterocycles. The topological polar surface area (TPSA) is 77.4 Å². The predicted molar refractivity (Wildman–Crippen MR) is 251 cm³/mol. The molecule has 0 radical (unpaired) electrons. The van der Waals surface area contributed by atoms with Crippen LogP contribution in [0.25, 0.3) is 0 Å². The lowest BCUT2D eigenvalue weighted by Crippen LogP contribution is -2.67. The van der Waals surface area contributed by atoms with Crippen LogP contribution in [-0.4, -0.2) is 80.4 Å². The van der Waals surface area contributed by atoms with Crippen LogP contribution in [0.15, 0.2) is 84.5 Å². The summed E-state index contributed by atoms with van der Waals surface area (Å²) in [6.45, 7) is 39.3. The number of benzene rings is 2. The quantitative estimate of drug-likeness (QED) is 0.0963. The fourth-order valence-electron chi connectivity index (χ4n) is 7.26. The average Bonchev–Trinajstić information content (AvgIpc) is 3.12. The van der Waals surface area contributed by atoms with Gasteiger partial charge < -0.3 is 28.2 Å². The number of methoxy groups -OCH3 is 1. The van der Waals surface area contributed by atoms with E-state index < -0.39 is 31.1 Å². The van der Waals surface area contributed by atoms with E-state index in [2.05, 4.69) is 188 Å². The highest BCUT2D eigenvalue weighted by Crippen LogP contribution is 2.43. The molecule has 0 aliphatic rings. The van der Waals surface area contributed by atoms with E-state index in [4.69, 9.17) is 18.0 Å². The first kappa shape index (κ1) is 51.5. The third-order valence-corrected chi connectivity index (χ3v) is 27.2. The van der Waals surface area contributed by atoms with E-state index in [9.17, 15) is 10.2 Å². The summed E-state index contributed by atoms with van der Waals surface area (Å²) < 4.78 is 27.2. The summed E-state index contributed by atoms with van der Waals surface area (Å²) in [4.78, 5) is 0. The second-order valence-corrected chi connectivity index (χ2v) is 34.8. The molecule has 0 fully saturated rings. The van der Waals surface area contributed by atoms with E-state index in [1.807, 2.05) is 6.92 Å². The third-order valence-electron chi connectivity index (χ3n) is 13.3. The van der Waals surface area contributed by atoms with Crippen molar-refractivity contribution in [3.63, 3.8) is 0 Å². The largest absolute Gasteiger partial charge is 0.414 e. The molecule has 7 atom stereocenters. The van der Waals surface area contributed by atoms with Crippen molar-refractivity contribution in [2.45, 2.75) is 156 Å². The van der Waals surface area contributed by atoms with Crippen molar-refractivity contribution in [3.8, 4) is 0 Å². The van der Waals surface area contributed by atoms with Crippen molar-refractivity contribution in [2.24, 2.45) is 23.7 Å². The molecule has 2 aromatic carbocycles. The van der Waals surface area contributed by atoms with E-state index in [0.29, 0.717) is 19.6 Å². The van der Waals surface area contributed by atoms with E-state index in [1.165, 1.54) is 10.4 Å². The minimum absolute atomic E-state index is 0.0111. The van der Waals surface area contributed by atoms with E-state index in [1.54, 1.807) is 7.11 Å². The van der Waals surface area contributed by atoms with Gasteiger partial charge in [0.1, 0.15) is 0 Å². The highest BCUT2D eigenvalue weighted by atomic mass is 28.4. The summed E-state index contributed by atoms with van der Waals surface area (Å²) >= 11 is 0. The first-order valence-electron chi connectivity index (χ1n) is 21.4. The molecule has 0 aromatic heterocycles. The van der Waals surface area contributed by atoms with E-state index in [-0.39, 0.29) is 57.6 Å². The number of ether oxygens (including phenoxy) is 1. The Hall–Kier alpha value is -1.67. The van der Waals surface area contributed by atoms with Gasteiger partial charge in [0, 0.05) is 32.2 Å². The minimum atomic E-state index is -2.80. The van der Waals surface area contributed by atoms with Crippen LogP contribution in [0.1, 0.15) is 96.4 Å². The van der Waals surface area contributed by atoms with Gasteiger partial charge >= 0.3 is 0 Å². The summed E-state index contributed by atoms with van der Waals surface area (Å²) in [6, 6.07) is 21.6. The summed E-state index contributed by atoms with van der Waals surface area (Å²) in [7, 11) is -5.27. The van der Waals surface area contributed by atoms with E-state index >= 15 is 0 Å². The summed E-state index contributed by atoms with van der Waals surface area (Å²) in [6.07, 6.45) is 5.85. The molecule has 0 amide bonds.